The minimum absolute atomic E-state index is 0. The molecule has 0 amide bonds. The summed E-state index contributed by atoms with van der Waals surface area (Å²) in [6.45, 7) is 0. The molecule has 0 spiro atoms. The van der Waals surface area contributed by atoms with Crippen molar-refractivity contribution >= 4 is 35.2 Å². The van der Waals surface area contributed by atoms with Crippen LogP contribution in [0.2, 0.25) is 0 Å². The van der Waals surface area contributed by atoms with Crippen molar-refractivity contribution in [2.75, 3.05) is 0 Å². The summed E-state index contributed by atoms with van der Waals surface area (Å²) in [7, 11) is 0. The monoisotopic (exact) mass is 296 g/mol. The van der Waals surface area contributed by atoms with Crippen LogP contribution in [0.1, 0.15) is 0 Å². The maximum atomic E-state index is 4.19. The molecule has 0 saturated carbocycles. The molecule has 0 atom stereocenters. The van der Waals surface area contributed by atoms with Crippen molar-refractivity contribution in [1.82, 2.24) is 0 Å². The largest absolute Gasteiger partial charge is 0.269 e. The molecule has 1 aromatic carbocycles. The fraction of sp³-hybridized carbons (Fsp3) is 0. The fourth-order valence-electron chi connectivity index (χ4n) is 0.452. The summed E-state index contributed by atoms with van der Waals surface area (Å²) in [6.07, 6.45) is 0. The van der Waals surface area contributed by atoms with Crippen LogP contribution < -0.4 is 0 Å². The van der Waals surface area contributed by atoms with E-state index in [1.54, 1.807) is 0 Å². The lowest BCUT2D eigenvalue weighted by atomic mass is 10.4. The van der Waals surface area contributed by atoms with Crippen molar-refractivity contribution in [3.8, 4) is 0 Å². The summed E-state index contributed by atoms with van der Waals surface area (Å²) in [5.41, 5.74) is 0. The number of rotatable bonds is 0. The van der Waals surface area contributed by atoms with E-state index in [1.807, 2.05) is 24.3 Å². The molecular weight excluding hydrogens is 288 g/mol. The molecule has 0 aromatic heterocycles. The second kappa shape index (κ2) is 8.19. The van der Waals surface area contributed by atoms with E-state index in [2.05, 4.69) is 35.2 Å². The maximum absolute atomic E-state index is 4.19. The van der Waals surface area contributed by atoms with Gasteiger partial charge in [0, 0.05) is 8.47 Å². The Kier molecular flexibility index (Phi) is 12.8. The lowest BCUT2D eigenvalue weighted by Gasteiger charge is -1.90. The number of benzene rings is 1. The second-order valence-electron chi connectivity index (χ2n) is 1.45. The quantitative estimate of drug-likeness (QED) is 0.552. The normalized spacial score (nSPS) is 6.73. The van der Waals surface area contributed by atoms with Crippen LogP contribution in [0.4, 0.5) is 14.1 Å². The van der Waals surface area contributed by atoms with Gasteiger partial charge in [0.1, 0.15) is 0 Å². The van der Waals surface area contributed by atoms with Crippen LogP contribution in [-0.4, -0.2) is 0 Å². The highest BCUT2D eigenvalue weighted by Crippen LogP contribution is 2.13. The third-order valence-corrected chi connectivity index (χ3v) is 2.61. The molecule has 0 nitrogen and oxygen atoms in total. The molecule has 0 N–H and O–H groups in total. The predicted octanol–water partition coefficient (Wildman–Crippen LogP) is 3.04. The topological polar surface area (TPSA) is 0 Å². The van der Waals surface area contributed by atoms with Crippen molar-refractivity contribution in [2.24, 2.45) is 0 Å². The van der Waals surface area contributed by atoms with E-state index in [4.69, 9.17) is 0 Å². The first kappa shape index (κ1) is 17.3. The van der Waals surface area contributed by atoms with Crippen LogP contribution in [0.15, 0.2) is 29.2 Å². The molecular formula is C6H8F3IS. The van der Waals surface area contributed by atoms with Crippen molar-refractivity contribution in [1.29, 1.82) is 0 Å². The van der Waals surface area contributed by atoms with E-state index in [0.717, 1.165) is 4.90 Å². The summed E-state index contributed by atoms with van der Waals surface area (Å²) in [4.78, 5) is 1.05. The van der Waals surface area contributed by atoms with Gasteiger partial charge in [0.05, 0.1) is 0 Å². The molecule has 66 valence electrons. The maximum Gasteiger partial charge on any atom is 0.0263 e. The predicted molar refractivity (Wildman–Crippen MR) is 53.9 cm³/mol. The van der Waals surface area contributed by atoms with Gasteiger partial charge in [-0.3, -0.25) is 14.1 Å². The van der Waals surface area contributed by atoms with Gasteiger partial charge >= 0.3 is 0 Å². The molecule has 1 aromatic rings. The summed E-state index contributed by atoms with van der Waals surface area (Å²) in [5, 5.41) is 0. The molecule has 0 saturated heterocycles. The Labute approximate surface area is 82.0 Å². The van der Waals surface area contributed by atoms with E-state index >= 15 is 0 Å². The molecule has 11 heavy (non-hydrogen) atoms. The standard InChI is InChI=1S/C6H5IS.3FH/c7-5-3-1-2-4-6(5)8;;;/h1-4,8H;3*1H. The molecule has 0 aliphatic carbocycles. The second-order valence-corrected chi connectivity index (χ2v) is 3.10. The Morgan fingerprint density at radius 2 is 1.45 bits per heavy atom. The van der Waals surface area contributed by atoms with Crippen LogP contribution in [0, 0.1) is 3.57 Å². The average Bonchev–Trinajstić information content (AvgIpc) is 1.77. The van der Waals surface area contributed by atoms with E-state index in [0.29, 0.717) is 0 Å². The van der Waals surface area contributed by atoms with Gasteiger partial charge in [0.2, 0.25) is 0 Å². The van der Waals surface area contributed by atoms with Gasteiger partial charge in [-0.1, -0.05) is 12.1 Å². The first-order valence-corrected chi connectivity index (χ1v) is 3.77. The first-order chi connectivity index (χ1) is 3.80. The van der Waals surface area contributed by atoms with Gasteiger partial charge in [-0.2, -0.15) is 0 Å². The zero-order valence-corrected chi connectivity index (χ0v) is 8.41. The Hall–Kier alpha value is 0.0900. The van der Waals surface area contributed by atoms with Crippen molar-refractivity contribution in [3.63, 3.8) is 0 Å². The summed E-state index contributed by atoms with van der Waals surface area (Å²) >= 11 is 6.44. The highest BCUT2D eigenvalue weighted by Gasteiger charge is 1.87. The van der Waals surface area contributed by atoms with Gasteiger partial charge < -0.3 is 0 Å². The number of thiol groups is 1. The van der Waals surface area contributed by atoms with Crippen LogP contribution in [0.25, 0.3) is 0 Å². The van der Waals surface area contributed by atoms with Crippen LogP contribution >= 0.6 is 35.2 Å². The summed E-state index contributed by atoms with van der Waals surface area (Å²) < 4.78 is 1.20. The summed E-state index contributed by atoms with van der Waals surface area (Å²) in [5.74, 6) is 0. The average molecular weight is 296 g/mol. The minimum Gasteiger partial charge on any atom is -0.269 e. The smallest absolute Gasteiger partial charge is 0.0263 e. The van der Waals surface area contributed by atoms with Crippen molar-refractivity contribution in [3.05, 3.63) is 27.8 Å². The third-order valence-electron chi connectivity index (χ3n) is 0.852. The molecule has 0 bridgehead atoms. The van der Waals surface area contributed by atoms with Crippen LogP contribution in [0.5, 0.6) is 0 Å². The number of hydrogen-bond acceptors (Lipinski definition) is 1. The molecule has 1 rings (SSSR count). The van der Waals surface area contributed by atoms with Gasteiger partial charge in [0.25, 0.3) is 0 Å². The van der Waals surface area contributed by atoms with Crippen molar-refractivity contribution < 1.29 is 14.1 Å². The summed E-state index contributed by atoms with van der Waals surface area (Å²) in [6, 6.07) is 7.99. The Balaban J connectivity index is -0.000000213. The van der Waals surface area contributed by atoms with E-state index in [9.17, 15) is 0 Å². The Morgan fingerprint density at radius 3 is 1.73 bits per heavy atom. The number of hydrogen-bond donors (Lipinski definition) is 1. The zero-order chi connectivity index (χ0) is 5.98. The van der Waals surface area contributed by atoms with Crippen molar-refractivity contribution in [2.45, 2.75) is 4.90 Å². The Morgan fingerprint density at radius 1 is 1.00 bits per heavy atom. The molecule has 0 aliphatic rings. The highest BCUT2D eigenvalue weighted by molar-refractivity contribution is 14.1. The first-order valence-electron chi connectivity index (χ1n) is 2.24. The SMILES string of the molecule is F.F.F.Sc1ccccc1I. The molecule has 0 unspecified atom stereocenters. The molecule has 0 heterocycles. The number of halogens is 4. The van der Waals surface area contributed by atoms with E-state index in [1.165, 1.54) is 3.57 Å². The molecule has 0 radical (unpaired) electrons. The Bertz CT molecular complexity index is 174. The fourth-order valence-corrected chi connectivity index (χ4v) is 1.000. The van der Waals surface area contributed by atoms with Gasteiger partial charge in [-0.05, 0) is 34.7 Å². The lowest BCUT2D eigenvalue weighted by molar-refractivity contribution is 1.11. The molecule has 0 fully saturated rings. The van der Waals surface area contributed by atoms with E-state index in [-0.39, 0.29) is 14.1 Å². The zero-order valence-electron chi connectivity index (χ0n) is 5.36. The van der Waals surface area contributed by atoms with Gasteiger partial charge in [-0.25, -0.2) is 0 Å². The van der Waals surface area contributed by atoms with E-state index < -0.39 is 0 Å². The van der Waals surface area contributed by atoms with Gasteiger partial charge in [-0.15, -0.1) is 12.6 Å². The lowest BCUT2D eigenvalue weighted by Crippen LogP contribution is -1.69. The molecule has 0 aliphatic heterocycles. The highest BCUT2D eigenvalue weighted by atomic mass is 127. The van der Waals surface area contributed by atoms with Crippen LogP contribution in [-0.2, 0) is 0 Å². The third kappa shape index (κ3) is 5.37. The van der Waals surface area contributed by atoms with Gasteiger partial charge in [0.15, 0.2) is 0 Å². The van der Waals surface area contributed by atoms with Crippen LogP contribution in [0.3, 0.4) is 0 Å². The minimum atomic E-state index is 0. The molecule has 5 heteroatoms.